The number of anilines is 3. The van der Waals surface area contributed by atoms with Gasteiger partial charge in [-0.3, -0.25) is 4.79 Å². The molecule has 3 N–H and O–H groups in total. The maximum absolute atomic E-state index is 12.4. The van der Waals surface area contributed by atoms with Gasteiger partial charge in [0.1, 0.15) is 0 Å². The number of aryl methyl sites for hydroxylation is 3. The first-order chi connectivity index (χ1) is 15.9. The van der Waals surface area contributed by atoms with Crippen LogP contribution in [0.15, 0.2) is 65.0 Å². The van der Waals surface area contributed by atoms with Gasteiger partial charge in [0.25, 0.3) is 0 Å². The number of benzene rings is 3. The van der Waals surface area contributed by atoms with E-state index < -0.39 is 0 Å². The quantitative estimate of drug-likeness (QED) is 0.274. The summed E-state index contributed by atoms with van der Waals surface area (Å²) in [6, 6.07) is 18.8. The Morgan fingerprint density at radius 1 is 0.848 bits per heavy atom. The zero-order valence-corrected chi connectivity index (χ0v) is 20.2. The summed E-state index contributed by atoms with van der Waals surface area (Å²) in [6.45, 7) is 6.03. The van der Waals surface area contributed by atoms with E-state index in [0.717, 1.165) is 37.1 Å². The molecule has 3 amide bonds. The van der Waals surface area contributed by atoms with Crippen LogP contribution in [0.2, 0.25) is 0 Å². The lowest BCUT2D eigenvalue weighted by Gasteiger charge is -2.09. The fourth-order valence-electron chi connectivity index (χ4n) is 3.20. The van der Waals surface area contributed by atoms with Crippen molar-refractivity contribution < 1.29 is 9.59 Å². The Bertz CT molecular complexity index is 1330. The second kappa shape index (κ2) is 10.1. The monoisotopic (exact) mass is 476 g/mol. The molecule has 0 spiro atoms. The standard InChI is InChI=1S/C25H24N4O2S2/c1-15-5-4-6-18(11-15)26-23(30)14-32-25-29-21-10-9-20(13-22(21)33-25)28-24(31)27-19-8-7-16(2)17(3)12-19/h4-13H,14H2,1-3H3,(H,26,30)(H2,27,28,31). The first-order valence-electron chi connectivity index (χ1n) is 10.4. The van der Waals surface area contributed by atoms with Crippen LogP contribution in [0.4, 0.5) is 21.9 Å². The molecule has 8 heteroatoms. The predicted molar refractivity (Wildman–Crippen MR) is 139 cm³/mol. The van der Waals surface area contributed by atoms with Gasteiger partial charge in [0, 0.05) is 17.1 Å². The molecule has 0 saturated carbocycles. The van der Waals surface area contributed by atoms with Crippen molar-refractivity contribution in [2.24, 2.45) is 0 Å². The van der Waals surface area contributed by atoms with E-state index in [1.54, 1.807) is 0 Å². The first-order valence-corrected chi connectivity index (χ1v) is 12.2. The van der Waals surface area contributed by atoms with Gasteiger partial charge in [0.05, 0.1) is 16.0 Å². The number of nitrogens with one attached hydrogen (secondary N) is 3. The van der Waals surface area contributed by atoms with Crippen molar-refractivity contribution >= 4 is 62.3 Å². The number of thiazole rings is 1. The molecule has 0 bridgehead atoms. The smallest absolute Gasteiger partial charge is 0.323 e. The molecule has 0 aliphatic carbocycles. The second-order valence-electron chi connectivity index (χ2n) is 7.75. The van der Waals surface area contributed by atoms with E-state index in [4.69, 9.17) is 0 Å². The van der Waals surface area contributed by atoms with Crippen molar-refractivity contribution in [3.05, 3.63) is 77.4 Å². The molecule has 6 nitrogen and oxygen atoms in total. The molecule has 33 heavy (non-hydrogen) atoms. The summed E-state index contributed by atoms with van der Waals surface area (Å²) >= 11 is 2.89. The van der Waals surface area contributed by atoms with E-state index in [-0.39, 0.29) is 17.7 Å². The van der Waals surface area contributed by atoms with Gasteiger partial charge in [0.2, 0.25) is 5.91 Å². The SMILES string of the molecule is Cc1cccc(NC(=O)CSc2nc3ccc(NC(=O)Nc4ccc(C)c(C)c4)cc3s2)c1. The van der Waals surface area contributed by atoms with Crippen LogP contribution >= 0.6 is 23.1 Å². The molecule has 3 aromatic carbocycles. The number of amides is 3. The van der Waals surface area contributed by atoms with Crippen molar-refractivity contribution in [3.8, 4) is 0 Å². The largest absolute Gasteiger partial charge is 0.325 e. The average Bonchev–Trinajstić information content (AvgIpc) is 3.17. The molecule has 0 radical (unpaired) electrons. The molecule has 1 heterocycles. The van der Waals surface area contributed by atoms with Crippen molar-refractivity contribution in [1.29, 1.82) is 0 Å². The summed E-state index contributed by atoms with van der Waals surface area (Å²) in [5.41, 5.74) is 6.45. The molecule has 0 aliphatic heterocycles. The maximum Gasteiger partial charge on any atom is 0.323 e. The Balaban J connectivity index is 1.35. The van der Waals surface area contributed by atoms with Crippen LogP contribution in [-0.2, 0) is 4.79 Å². The van der Waals surface area contributed by atoms with Gasteiger partial charge < -0.3 is 16.0 Å². The van der Waals surface area contributed by atoms with Crippen molar-refractivity contribution in [2.45, 2.75) is 25.1 Å². The van der Waals surface area contributed by atoms with Crippen LogP contribution in [0.3, 0.4) is 0 Å². The molecule has 1 aromatic heterocycles. The van der Waals surface area contributed by atoms with Gasteiger partial charge in [-0.15, -0.1) is 11.3 Å². The van der Waals surface area contributed by atoms with Crippen LogP contribution in [0.25, 0.3) is 10.2 Å². The fourth-order valence-corrected chi connectivity index (χ4v) is 5.11. The van der Waals surface area contributed by atoms with Gasteiger partial charge in [0.15, 0.2) is 4.34 Å². The molecule has 0 unspecified atom stereocenters. The molecule has 4 aromatic rings. The average molecular weight is 477 g/mol. The number of carbonyl (C=O) groups is 2. The number of rotatable bonds is 6. The molecule has 0 fully saturated rings. The molecule has 0 atom stereocenters. The fraction of sp³-hybridized carbons (Fsp3) is 0.160. The minimum absolute atomic E-state index is 0.0739. The van der Waals surface area contributed by atoms with E-state index >= 15 is 0 Å². The summed E-state index contributed by atoms with van der Waals surface area (Å²) in [4.78, 5) is 29.2. The van der Waals surface area contributed by atoms with Crippen molar-refractivity contribution in [3.63, 3.8) is 0 Å². The highest BCUT2D eigenvalue weighted by Gasteiger charge is 2.10. The Kier molecular flexibility index (Phi) is 6.96. The Morgan fingerprint density at radius 2 is 1.58 bits per heavy atom. The van der Waals surface area contributed by atoms with Crippen LogP contribution < -0.4 is 16.0 Å². The van der Waals surface area contributed by atoms with Gasteiger partial charge in [-0.2, -0.15) is 0 Å². The number of urea groups is 1. The number of aromatic nitrogens is 1. The highest BCUT2D eigenvalue weighted by molar-refractivity contribution is 8.01. The van der Waals surface area contributed by atoms with E-state index in [9.17, 15) is 9.59 Å². The number of fused-ring (bicyclic) bond motifs is 1. The highest BCUT2D eigenvalue weighted by atomic mass is 32.2. The minimum atomic E-state index is -0.301. The number of carbonyl (C=O) groups excluding carboxylic acids is 2. The van der Waals surface area contributed by atoms with E-state index in [0.29, 0.717) is 5.69 Å². The summed E-state index contributed by atoms with van der Waals surface area (Å²) < 4.78 is 1.75. The molecule has 0 aliphatic rings. The maximum atomic E-state index is 12.4. The van der Waals surface area contributed by atoms with E-state index in [1.807, 2.05) is 81.4 Å². The number of hydrogen-bond acceptors (Lipinski definition) is 5. The number of nitrogens with zero attached hydrogens (tertiary/aromatic N) is 1. The molecule has 0 saturated heterocycles. The number of hydrogen-bond donors (Lipinski definition) is 3. The van der Waals surface area contributed by atoms with Crippen LogP contribution in [0, 0.1) is 20.8 Å². The lowest BCUT2D eigenvalue weighted by Crippen LogP contribution is -2.19. The van der Waals surface area contributed by atoms with Crippen molar-refractivity contribution in [2.75, 3.05) is 21.7 Å². The molecule has 168 valence electrons. The summed E-state index contributed by atoms with van der Waals surface area (Å²) in [6.07, 6.45) is 0. The Hall–Kier alpha value is -3.36. The van der Waals surface area contributed by atoms with Crippen LogP contribution in [-0.4, -0.2) is 22.7 Å². The molecule has 4 rings (SSSR count). The van der Waals surface area contributed by atoms with Gasteiger partial charge in [-0.05, 0) is 79.9 Å². The third-order valence-electron chi connectivity index (χ3n) is 5.02. The third kappa shape index (κ3) is 6.12. The normalized spacial score (nSPS) is 10.8. The first kappa shape index (κ1) is 22.8. The lowest BCUT2D eigenvalue weighted by molar-refractivity contribution is -0.113. The van der Waals surface area contributed by atoms with Crippen molar-refractivity contribution in [1.82, 2.24) is 4.98 Å². The minimum Gasteiger partial charge on any atom is -0.325 e. The van der Waals surface area contributed by atoms with Crippen LogP contribution in [0.5, 0.6) is 0 Å². The second-order valence-corrected chi connectivity index (χ2v) is 10.00. The number of thioether (sulfide) groups is 1. The third-order valence-corrected chi connectivity index (χ3v) is 7.18. The zero-order valence-electron chi connectivity index (χ0n) is 18.6. The topological polar surface area (TPSA) is 83.1 Å². The zero-order chi connectivity index (χ0) is 23.4. The van der Waals surface area contributed by atoms with Crippen LogP contribution in [0.1, 0.15) is 16.7 Å². The van der Waals surface area contributed by atoms with Gasteiger partial charge in [-0.1, -0.05) is 30.0 Å². The molecular formula is C25H24N4O2S2. The highest BCUT2D eigenvalue weighted by Crippen LogP contribution is 2.31. The Morgan fingerprint density at radius 3 is 2.33 bits per heavy atom. The summed E-state index contributed by atoms with van der Waals surface area (Å²) in [7, 11) is 0. The van der Waals surface area contributed by atoms with Gasteiger partial charge in [-0.25, -0.2) is 9.78 Å². The van der Waals surface area contributed by atoms with E-state index in [1.165, 1.54) is 28.7 Å². The van der Waals surface area contributed by atoms with E-state index in [2.05, 4.69) is 20.9 Å². The molecular weight excluding hydrogens is 452 g/mol. The van der Waals surface area contributed by atoms with Gasteiger partial charge >= 0.3 is 6.03 Å². The predicted octanol–water partition coefficient (Wildman–Crippen LogP) is 6.60. The lowest BCUT2D eigenvalue weighted by atomic mass is 10.1. The Labute approximate surface area is 200 Å². The summed E-state index contributed by atoms with van der Waals surface area (Å²) in [5.74, 6) is 0.201. The summed E-state index contributed by atoms with van der Waals surface area (Å²) in [5, 5.41) is 8.63.